The summed E-state index contributed by atoms with van der Waals surface area (Å²) in [6, 6.07) is 8.64. The van der Waals surface area contributed by atoms with Gasteiger partial charge in [-0.05, 0) is 45.2 Å². The lowest BCUT2D eigenvalue weighted by atomic mass is 10.1. The van der Waals surface area contributed by atoms with Gasteiger partial charge >= 0.3 is 6.09 Å². The van der Waals surface area contributed by atoms with Gasteiger partial charge in [0, 0.05) is 25.7 Å². The van der Waals surface area contributed by atoms with E-state index in [1.54, 1.807) is 0 Å². The largest absolute Gasteiger partial charge is 0.444 e. The third-order valence-electron chi connectivity index (χ3n) is 3.65. The molecule has 0 saturated carbocycles. The fourth-order valence-corrected chi connectivity index (χ4v) is 2.60. The number of carbonyl (C=O) groups is 1. The maximum absolute atomic E-state index is 11.8. The minimum atomic E-state index is -0.441. The maximum atomic E-state index is 11.8. The van der Waals surface area contributed by atoms with Gasteiger partial charge in [0.25, 0.3) is 0 Å². The molecule has 1 fully saturated rings. The molecule has 1 aromatic carbocycles. The van der Waals surface area contributed by atoms with Gasteiger partial charge in [-0.15, -0.1) is 0 Å². The summed E-state index contributed by atoms with van der Waals surface area (Å²) in [6.07, 6.45) is 0.663. The summed E-state index contributed by atoms with van der Waals surface area (Å²) in [6.45, 7) is 10.6. The third kappa shape index (κ3) is 5.05. The highest BCUT2D eigenvalue weighted by Crippen LogP contribution is 2.16. The van der Waals surface area contributed by atoms with Crippen LogP contribution >= 0.6 is 0 Å². The number of likely N-dealkylation sites (tertiary alicyclic amines) is 1. The van der Waals surface area contributed by atoms with Crippen molar-refractivity contribution in [2.45, 2.75) is 52.3 Å². The van der Waals surface area contributed by atoms with Crippen molar-refractivity contribution in [1.82, 2.24) is 10.2 Å². The van der Waals surface area contributed by atoms with Gasteiger partial charge in [0.05, 0.1) is 0 Å². The van der Waals surface area contributed by atoms with E-state index < -0.39 is 5.60 Å². The fraction of sp³-hybridized carbons (Fsp3) is 0.588. The number of carbonyl (C=O) groups excluding carboxylic acids is 1. The second-order valence-corrected chi connectivity index (χ2v) is 6.79. The monoisotopic (exact) mass is 290 g/mol. The molecule has 116 valence electrons. The summed E-state index contributed by atoms with van der Waals surface area (Å²) in [7, 11) is 0. The molecule has 1 N–H and O–H groups in total. The average Bonchev–Trinajstić information content (AvgIpc) is 2.77. The quantitative estimate of drug-likeness (QED) is 0.930. The molecule has 21 heavy (non-hydrogen) atoms. The first kappa shape index (κ1) is 15.8. The van der Waals surface area contributed by atoms with E-state index in [1.165, 1.54) is 11.1 Å². The van der Waals surface area contributed by atoms with Gasteiger partial charge in [-0.1, -0.05) is 24.3 Å². The first-order valence-corrected chi connectivity index (χ1v) is 7.60. The molecule has 1 aliphatic heterocycles. The first-order chi connectivity index (χ1) is 9.83. The second kappa shape index (κ2) is 6.48. The minimum absolute atomic E-state index is 0.184. The lowest BCUT2D eigenvalue weighted by molar-refractivity contribution is 0.0506. The number of hydrogen-bond acceptors (Lipinski definition) is 3. The normalized spacial score (nSPS) is 19.5. The van der Waals surface area contributed by atoms with Crippen LogP contribution in [-0.4, -0.2) is 35.7 Å². The van der Waals surface area contributed by atoms with E-state index in [9.17, 15) is 4.79 Å². The Morgan fingerprint density at radius 2 is 2.10 bits per heavy atom. The molecule has 4 nitrogen and oxygen atoms in total. The summed E-state index contributed by atoms with van der Waals surface area (Å²) in [5.74, 6) is 0. The maximum Gasteiger partial charge on any atom is 0.407 e. The molecule has 0 spiro atoms. The van der Waals surface area contributed by atoms with Crippen molar-refractivity contribution in [3.63, 3.8) is 0 Å². The van der Waals surface area contributed by atoms with Gasteiger partial charge in [-0.3, -0.25) is 4.90 Å². The summed E-state index contributed by atoms with van der Waals surface area (Å²) < 4.78 is 5.30. The highest BCUT2D eigenvalue weighted by Gasteiger charge is 2.26. The van der Waals surface area contributed by atoms with E-state index in [0.717, 1.165) is 26.1 Å². The molecule has 1 aliphatic rings. The van der Waals surface area contributed by atoms with E-state index in [1.807, 2.05) is 20.8 Å². The van der Waals surface area contributed by atoms with Crippen molar-refractivity contribution in [3.05, 3.63) is 35.4 Å². The van der Waals surface area contributed by atoms with Crippen molar-refractivity contribution < 1.29 is 9.53 Å². The molecule has 4 heteroatoms. The van der Waals surface area contributed by atoms with Crippen LogP contribution in [0.4, 0.5) is 4.79 Å². The van der Waals surface area contributed by atoms with Gasteiger partial charge in [0.2, 0.25) is 0 Å². The molecule has 1 saturated heterocycles. The highest BCUT2D eigenvalue weighted by molar-refractivity contribution is 5.68. The number of aryl methyl sites for hydroxylation is 1. The molecular weight excluding hydrogens is 264 g/mol. The van der Waals surface area contributed by atoms with Crippen LogP contribution in [-0.2, 0) is 11.3 Å². The molecule has 1 atom stereocenters. The molecule has 0 radical (unpaired) electrons. The Hall–Kier alpha value is -1.55. The van der Waals surface area contributed by atoms with Crippen molar-refractivity contribution in [2.24, 2.45) is 0 Å². The Balaban J connectivity index is 1.81. The van der Waals surface area contributed by atoms with Gasteiger partial charge in [0.15, 0.2) is 0 Å². The second-order valence-electron chi connectivity index (χ2n) is 6.79. The van der Waals surface area contributed by atoms with Crippen LogP contribution in [0.3, 0.4) is 0 Å². The zero-order valence-corrected chi connectivity index (χ0v) is 13.5. The Labute approximate surface area is 127 Å². The number of ether oxygens (including phenoxy) is 1. The predicted octanol–water partition coefficient (Wildman–Crippen LogP) is 3.09. The summed E-state index contributed by atoms with van der Waals surface area (Å²) in [5, 5.41) is 2.96. The number of nitrogens with zero attached hydrogens (tertiary/aromatic N) is 1. The first-order valence-electron chi connectivity index (χ1n) is 7.60. The SMILES string of the molecule is Cc1ccccc1CN1CC[C@H](NC(=O)OC(C)(C)C)C1. The van der Waals surface area contributed by atoms with Crippen LogP contribution in [0.25, 0.3) is 0 Å². The van der Waals surface area contributed by atoms with E-state index >= 15 is 0 Å². The molecule has 2 rings (SSSR count). The molecule has 0 bridgehead atoms. The molecule has 0 aromatic heterocycles. The summed E-state index contributed by atoms with van der Waals surface area (Å²) in [4.78, 5) is 14.2. The smallest absolute Gasteiger partial charge is 0.407 e. The van der Waals surface area contributed by atoms with E-state index in [4.69, 9.17) is 4.74 Å². The molecule has 1 heterocycles. The molecule has 0 unspecified atom stereocenters. The number of amides is 1. The van der Waals surface area contributed by atoms with Crippen molar-refractivity contribution in [2.75, 3.05) is 13.1 Å². The zero-order chi connectivity index (χ0) is 15.5. The van der Waals surface area contributed by atoms with Crippen molar-refractivity contribution in [3.8, 4) is 0 Å². The number of alkyl carbamates (subject to hydrolysis) is 1. The van der Waals surface area contributed by atoms with Gasteiger partial charge in [-0.2, -0.15) is 0 Å². The predicted molar refractivity (Wildman–Crippen MR) is 84.2 cm³/mol. The summed E-state index contributed by atoms with van der Waals surface area (Å²) >= 11 is 0. The van der Waals surface area contributed by atoms with Gasteiger partial charge in [-0.25, -0.2) is 4.79 Å². The lowest BCUT2D eigenvalue weighted by Gasteiger charge is -2.22. The van der Waals surface area contributed by atoms with Crippen LogP contribution < -0.4 is 5.32 Å². The molecule has 1 amide bonds. The van der Waals surface area contributed by atoms with E-state index in [0.29, 0.717) is 0 Å². The van der Waals surface area contributed by atoms with Gasteiger partial charge < -0.3 is 10.1 Å². The molecule has 0 aliphatic carbocycles. The Morgan fingerprint density at radius 3 is 2.76 bits per heavy atom. The van der Waals surface area contributed by atoms with Crippen LogP contribution in [0.5, 0.6) is 0 Å². The van der Waals surface area contributed by atoms with Crippen LogP contribution in [0, 0.1) is 6.92 Å². The molecule has 1 aromatic rings. The van der Waals surface area contributed by atoms with Crippen LogP contribution in [0.15, 0.2) is 24.3 Å². The standard InChI is InChI=1S/C17H26N2O2/c1-13-7-5-6-8-14(13)11-19-10-9-15(12-19)18-16(20)21-17(2,3)4/h5-8,15H,9-12H2,1-4H3,(H,18,20)/t15-/m0/s1. The lowest BCUT2D eigenvalue weighted by Crippen LogP contribution is -2.40. The fourth-order valence-electron chi connectivity index (χ4n) is 2.60. The Bertz CT molecular complexity index is 494. The van der Waals surface area contributed by atoms with E-state index in [2.05, 4.69) is 41.4 Å². The Morgan fingerprint density at radius 1 is 1.38 bits per heavy atom. The number of benzene rings is 1. The summed E-state index contributed by atoms with van der Waals surface area (Å²) in [5.41, 5.74) is 2.24. The average molecular weight is 290 g/mol. The van der Waals surface area contributed by atoms with Crippen LogP contribution in [0.1, 0.15) is 38.3 Å². The zero-order valence-electron chi connectivity index (χ0n) is 13.5. The Kier molecular flexibility index (Phi) is 4.88. The number of nitrogens with one attached hydrogen (secondary N) is 1. The molecular formula is C17H26N2O2. The van der Waals surface area contributed by atoms with Gasteiger partial charge in [0.1, 0.15) is 5.60 Å². The minimum Gasteiger partial charge on any atom is -0.444 e. The third-order valence-corrected chi connectivity index (χ3v) is 3.65. The highest BCUT2D eigenvalue weighted by atomic mass is 16.6. The number of rotatable bonds is 3. The van der Waals surface area contributed by atoms with Crippen LogP contribution in [0.2, 0.25) is 0 Å². The van der Waals surface area contributed by atoms with Crippen molar-refractivity contribution in [1.29, 1.82) is 0 Å². The van der Waals surface area contributed by atoms with E-state index in [-0.39, 0.29) is 12.1 Å². The topological polar surface area (TPSA) is 41.6 Å². The number of hydrogen-bond donors (Lipinski definition) is 1. The van der Waals surface area contributed by atoms with Crippen molar-refractivity contribution >= 4 is 6.09 Å².